The van der Waals surface area contributed by atoms with E-state index in [9.17, 15) is 20.1 Å². The van der Waals surface area contributed by atoms with Crippen LogP contribution in [0.25, 0.3) is 22.3 Å². The van der Waals surface area contributed by atoms with E-state index in [-0.39, 0.29) is 5.75 Å². The fourth-order valence-corrected chi connectivity index (χ4v) is 3.25. The van der Waals surface area contributed by atoms with Gasteiger partial charge in [-0.25, -0.2) is 9.78 Å². The highest BCUT2D eigenvalue weighted by Crippen LogP contribution is 2.28. The molecule has 1 aromatic carbocycles. The van der Waals surface area contributed by atoms with Gasteiger partial charge >= 0.3 is 5.97 Å². The average molecular weight is 416 g/mol. The third kappa shape index (κ3) is 3.44. The van der Waals surface area contributed by atoms with Gasteiger partial charge in [-0.15, -0.1) is 0 Å². The highest BCUT2D eigenvalue weighted by Gasteiger charge is 2.48. The molecule has 3 aromatic rings. The van der Waals surface area contributed by atoms with Crippen LogP contribution >= 0.6 is 0 Å². The number of carboxylic acid groups (broad SMARTS) is 1. The molecule has 0 amide bonds. The van der Waals surface area contributed by atoms with E-state index in [2.05, 4.69) is 9.97 Å². The van der Waals surface area contributed by atoms with Gasteiger partial charge < -0.3 is 40.2 Å². The van der Waals surface area contributed by atoms with E-state index in [1.54, 1.807) is 42.1 Å². The third-order valence-corrected chi connectivity index (χ3v) is 5.03. The molecule has 0 unspecified atom stereocenters. The molecule has 11 nitrogen and oxygen atoms in total. The van der Waals surface area contributed by atoms with Crippen molar-refractivity contribution < 1.29 is 34.7 Å². The zero-order valence-corrected chi connectivity index (χ0v) is 15.8. The van der Waals surface area contributed by atoms with Crippen molar-refractivity contribution >= 4 is 23.1 Å². The summed E-state index contributed by atoms with van der Waals surface area (Å²) < 4.78 is 12.3. The number of imidazole rings is 1. The number of nitrogen functional groups attached to an aromatic ring is 1. The van der Waals surface area contributed by atoms with Crippen molar-refractivity contribution in [3.05, 3.63) is 36.5 Å². The van der Waals surface area contributed by atoms with Crippen LogP contribution in [0.3, 0.4) is 0 Å². The van der Waals surface area contributed by atoms with Crippen LogP contribution in [-0.2, 0) is 16.6 Å². The fraction of sp³-hybridized carbons (Fsp3) is 0.316. The highest BCUT2D eigenvalue weighted by atomic mass is 16.7. The summed E-state index contributed by atoms with van der Waals surface area (Å²) in [7, 11) is 1.79. The van der Waals surface area contributed by atoms with Crippen LogP contribution in [0.1, 0.15) is 0 Å². The van der Waals surface area contributed by atoms with E-state index in [1.165, 1.54) is 0 Å². The number of aliphatic hydroxyl groups excluding tert-OH is 3. The van der Waals surface area contributed by atoms with Crippen molar-refractivity contribution in [2.45, 2.75) is 30.7 Å². The first-order chi connectivity index (χ1) is 14.3. The van der Waals surface area contributed by atoms with Crippen molar-refractivity contribution in [2.75, 3.05) is 5.73 Å². The number of hydrogen-bond acceptors (Lipinski definition) is 9. The number of nitrogens with zero attached hydrogens (tertiary/aromatic N) is 3. The molecule has 30 heavy (non-hydrogen) atoms. The molecule has 5 atom stereocenters. The molecule has 0 saturated carbocycles. The van der Waals surface area contributed by atoms with Gasteiger partial charge in [-0.3, -0.25) is 0 Å². The molecule has 1 aliphatic heterocycles. The Balaban J connectivity index is 1.54. The van der Waals surface area contributed by atoms with Crippen molar-refractivity contribution in [3.8, 4) is 16.9 Å². The second-order valence-corrected chi connectivity index (χ2v) is 6.97. The van der Waals surface area contributed by atoms with Crippen LogP contribution in [-0.4, -0.2) is 71.6 Å². The SMILES string of the molecule is Cn1c(N)nc2ncc(-c3ccc(O[C@@H]4O[C@H](C(=O)O)[C@@H](O)[C@H](O)[C@H]4O)cc3)cc21. The summed E-state index contributed by atoms with van der Waals surface area (Å²) in [6.45, 7) is 0. The summed E-state index contributed by atoms with van der Waals surface area (Å²) in [6, 6.07) is 8.58. The number of aliphatic hydroxyl groups is 3. The Morgan fingerprint density at radius 1 is 1.13 bits per heavy atom. The number of anilines is 1. The number of fused-ring (bicyclic) bond motifs is 1. The van der Waals surface area contributed by atoms with Crippen molar-refractivity contribution in [3.63, 3.8) is 0 Å². The number of carboxylic acids is 1. The predicted octanol–water partition coefficient (Wildman–Crippen LogP) is -0.511. The van der Waals surface area contributed by atoms with E-state index in [0.717, 1.165) is 16.6 Å². The lowest BCUT2D eigenvalue weighted by Gasteiger charge is -2.38. The van der Waals surface area contributed by atoms with Crippen LogP contribution in [0.2, 0.25) is 0 Å². The van der Waals surface area contributed by atoms with Crippen LogP contribution in [0, 0.1) is 0 Å². The molecule has 3 heterocycles. The molecular formula is C19H20N4O7. The van der Waals surface area contributed by atoms with Gasteiger partial charge in [0.05, 0.1) is 5.52 Å². The van der Waals surface area contributed by atoms with Gasteiger partial charge in [-0.2, -0.15) is 4.98 Å². The number of rotatable bonds is 4. The number of carbonyl (C=O) groups is 1. The minimum atomic E-state index is -1.77. The predicted molar refractivity (Wildman–Crippen MR) is 103 cm³/mol. The number of benzene rings is 1. The molecule has 1 aliphatic rings. The number of ether oxygens (including phenoxy) is 2. The minimum absolute atomic E-state index is 0.273. The highest BCUT2D eigenvalue weighted by molar-refractivity contribution is 5.80. The first-order valence-corrected chi connectivity index (χ1v) is 9.04. The van der Waals surface area contributed by atoms with Gasteiger partial charge in [-0.05, 0) is 23.8 Å². The molecule has 2 aromatic heterocycles. The first kappa shape index (κ1) is 20.0. The molecule has 6 N–H and O–H groups in total. The summed E-state index contributed by atoms with van der Waals surface area (Å²) in [5.74, 6) is -0.846. The number of aromatic nitrogens is 3. The molecule has 0 aliphatic carbocycles. The quantitative estimate of drug-likeness (QED) is 0.373. The Morgan fingerprint density at radius 3 is 2.50 bits per heavy atom. The summed E-state index contributed by atoms with van der Waals surface area (Å²) in [4.78, 5) is 19.6. The normalized spacial score (nSPS) is 26.6. The Morgan fingerprint density at radius 2 is 1.83 bits per heavy atom. The summed E-state index contributed by atoms with van der Waals surface area (Å²) in [5, 5.41) is 38.8. The molecule has 4 rings (SSSR count). The fourth-order valence-electron chi connectivity index (χ4n) is 3.25. The number of pyridine rings is 1. The Bertz CT molecular complexity index is 1080. The van der Waals surface area contributed by atoms with Gasteiger partial charge in [0.1, 0.15) is 24.1 Å². The molecular weight excluding hydrogens is 396 g/mol. The Labute approximate surface area is 169 Å². The van der Waals surface area contributed by atoms with Crippen molar-refractivity contribution in [1.82, 2.24) is 14.5 Å². The average Bonchev–Trinajstić information content (AvgIpc) is 3.02. The molecule has 0 radical (unpaired) electrons. The van der Waals surface area contributed by atoms with E-state index in [0.29, 0.717) is 11.6 Å². The summed E-state index contributed by atoms with van der Waals surface area (Å²) in [5.41, 5.74) is 8.75. The van der Waals surface area contributed by atoms with E-state index in [4.69, 9.17) is 20.3 Å². The van der Waals surface area contributed by atoms with Crippen LogP contribution in [0.5, 0.6) is 5.75 Å². The lowest BCUT2D eigenvalue weighted by molar-refractivity contribution is -0.271. The zero-order chi connectivity index (χ0) is 21.6. The molecule has 0 bridgehead atoms. The number of aryl methyl sites for hydroxylation is 1. The number of aliphatic carboxylic acids is 1. The lowest BCUT2D eigenvalue weighted by atomic mass is 9.99. The number of nitrogens with two attached hydrogens (primary N) is 1. The largest absolute Gasteiger partial charge is 0.479 e. The van der Waals surface area contributed by atoms with Gasteiger partial charge in [0.2, 0.25) is 12.2 Å². The Kier molecular flexibility index (Phi) is 5.03. The minimum Gasteiger partial charge on any atom is -0.479 e. The maximum atomic E-state index is 11.2. The standard InChI is InChI=1S/C19H20N4O7/c1-23-11-6-9(7-21-16(11)22-19(23)20)8-2-4-10(5-3-8)29-18-14(26)12(24)13(25)15(30-18)17(27)28/h2-7,12-15,18,24-26H,1H3,(H,27,28)(H2,20,21,22)/t12-,13-,14+,15-,18+/m0/s1. The molecule has 1 fully saturated rings. The van der Waals surface area contributed by atoms with Gasteiger partial charge in [0.25, 0.3) is 0 Å². The molecule has 0 spiro atoms. The lowest BCUT2D eigenvalue weighted by Crippen LogP contribution is -2.61. The second-order valence-electron chi connectivity index (χ2n) is 6.97. The third-order valence-electron chi connectivity index (χ3n) is 5.03. The second kappa shape index (κ2) is 7.54. The summed E-state index contributed by atoms with van der Waals surface area (Å²) in [6.07, 6.45) is -6.66. The topological polar surface area (TPSA) is 173 Å². The smallest absolute Gasteiger partial charge is 0.335 e. The Hall–Kier alpha value is -3.25. The van der Waals surface area contributed by atoms with Crippen LogP contribution in [0.4, 0.5) is 5.95 Å². The van der Waals surface area contributed by atoms with Crippen molar-refractivity contribution in [1.29, 1.82) is 0 Å². The van der Waals surface area contributed by atoms with Gasteiger partial charge in [0, 0.05) is 18.8 Å². The van der Waals surface area contributed by atoms with E-state index >= 15 is 0 Å². The molecule has 11 heteroatoms. The molecule has 158 valence electrons. The maximum absolute atomic E-state index is 11.2. The monoisotopic (exact) mass is 416 g/mol. The zero-order valence-electron chi connectivity index (χ0n) is 15.8. The van der Waals surface area contributed by atoms with Crippen LogP contribution in [0.15, 0.2) is 36.5 Å². The van der Waals surface area contributed by atoms with Crippen molar-refractivity contribution in [2.24, 2.45) is 7.05 Å². The van der Waals surface area contributed by atoms with Gasteiger partial charge in [0.15, 0.2) is 11.8 Å². The van der Waals surface area contributed by atoms with E-state index in [1.807, 2.05) is 6.07 Å². The van der Waals surface area contributed by atoms with Crippen LogP contribution < -0.4 is 10.5 Å². The number of hydrogen-bond donors (Lipinski definition) is 5. The molecule has 1 saturated heterocycles. The van der Waals surface area contributed by atoms with Gasteiger partial charge in [-0.1, -0.05) is 12.1 Å². The van der Waals surface area contributed by atoms with E-state index < -0.39 is 36.7 Å². The summed E-state index contributed by atoms with van der Waals surface area (Å²) >= 11 is 0. The first-order valence-electron chi connectivity index (χ1n) is 9.04. The maximum Gasteiger partial charge on any atom is 0.335 e.